The largest absolute Gasteiger partial charge is 0.484 e. The average molecular weight is 408 g/mol. The van der Waals surface area contributed by atoms with Crippen molar-refractivity contribution in [2.24, 2.45) is 0 Å². The highest BCUT2D eigenvalue weighted by atomic mass is 35.5. The van der Waals surface area contributed by atoms with Crippen LogP contribution < -0.4 is 10.1 Å². The van der Waals surface area contributed by atoms with Gasteiger partial charge in [0.25, 0.3) is 11.8 Å². The maximum atomic E-state index is 12.3. The first kappa shape index (κ1) is 19.7. The number of hydrogen-bond donors (Lipinski definition) is 1. The smallest absolute Gasteiger partial charge is 0.260 e. The number of nitrogens with one attached hydrogen (secondary N) is 1. The molecule has 144 valence electrons. The molecule has 1 fully saturated rings. The summed E-state index contributed by atoms with van der Waals surface area (Å²) in [5.41, 5.74) is 0.705. The zero-order valence-electron chi connectivity index (χ0n) is 14.9. The normalized spacial score (nSPS) is 14.8. The number of piperazine rings is 1. The van der Waals surface area contributed by atoms with Gasteiger partial charge >= 0.3 is 0 Å². The Morgan fingerprint density at radius 3 is 2.52 bits per heavy atom. The fourth-order valence-electron chi connectivity index (χ4n) is 2.81. The van der Waals surface area contributed by atoms with Crippen molar-refractivity contribution in [2.75, 3.05) is 45.9 Å². The van der Waals surface area contributed by atoms with Crippen LogP contribution in [0.5, 0.6) is 5.75 Å². The Labute approximate surface area is 167 Å². The zero-order valence-corrected chi connectivity index (χ0v) is 16.5. The van der Waals surface area contributed by atoms with Crippen LogP contribution in [-0.4, -0.2) is 67.5 Å². The number of rotatable bonds is 7. The van der Waals surface area contributed by atoms with Gasteiger partial charge in [-0.25, -0.2) is 0 Å². The third-order valence-electron chi connectivity index (χ3n) is 4.40. The number of amides is 2. The number of thiophene rings is 1. The van der Waals surface area contributed by atoms with Crippen molar-refractivity contribution in [1.29, 1.82) is 0 Å². The Morgan fingerprint density at radius 2 is 1.85 bits per heavy atom. The lowest BCUT2D eigenvalue weighted by Crippen LogP contribution is -2.51. The van der Waals surface area contributed by atoms with E-state index < -0.39 is 0 Å². The van der Waals surface area contributed by atoms with E-state index >= 15 is 0 Å². The van der Waals surface area contributed by atoms with Gasteiger partial charge in [0.2, 0.25) is 0 Å². The molecule has 3 rings (SSSR count). The van der Waals surface area contributed by atoms with Crippen molar-refractivity contribution in [3.05, 3.63) is 51.7 Å². The van der Waals surface area contributed by atoms with Gasteiger partial charge in [-0.05, 0) is 35.7 Å². The third-order valence-corrected chi connectivity index (χ3v) is 5.33. The molecule has 27 heavy (non-hydrogen) atoms. The summed E-state index contributed by atoms with van der Waals surface area (Å²) in [5, 5.41) is 7.29. The van der Waals surface area contributed by atoms with Crippen LogP contribution in [0, 0.1) is 0 Å². The van der Waals surface area contributed by atoms with E-state index in [1.54, 1.807) is 24.3 Å². The van der Waals surface area contributed by atoms with E-state index in [4.69, 9.17) is 16.3 Å². The standard InChI is InChI=1S/C19H22ClN3O3S/c20-16-1-3-17(4-2-16)26-13-18(24)23-10-8-22(9-11-23)7-6-21-19(25)15-5-12-27-14-15/h1-5,12,14H,6-11,13H2,(H,21,25). The van der Waals surface area contributed by atoms with Crippen LogP contribution in [0.2, 0.25) is 5.02 Å². The molecule has 0 spiro atoms. The summed E-state index contributed by atoms with van der Waals surface area (Å²) in [6, 6.07) is 8.78. The molecule has 0 bridgehead atoms. The van der Waals surface area contributed by atoms with Crippen LogP contribution in [0.15, 0.2) is 41.1 Å². The summed E-state index contributed by atoms with van der Waals surface area (Å²) < 4.78 is 5.52. The first-order valence-electron chi connectivity index (χ1n) is 8.81. The predicted octanol–water partition coefficient (Wildman–Crippen LogP) is 2.35. The molecular weight excluding hydrogens is 386 g/mol. The maximum Gasteiger partial charge on any atom is 0.260 e. The number of carbonyl (C=O) groups excluding carboxylic acids is 2. The molecule has 2 aromatic rings. The molecule has 1 aliphatic heterocycles. The first-order chi connectivity index (χ1) is 13.1. The molecule has 0 atom stereocenters. The molecule has 2 amide bonds. The number of benzene rings is 1. The van der Waals surface area contributed by atoms with Crippen molar-refractivity contribution in [1.82, 2.24) is 15.1 Å². The van der Waals surface area contributed by atoms with Gasteiger partial charge in [0.15, 0.2) is 6.61 Å². The summed E-state index contributed by atoms with van der Waals surface area (Å²) in [6.45, 7) is 4.32. The van der Waals surface area contributed by atoms with Gasteiger partial charge in [0.1, 0.15) is 5.75 Å². The van der Waals surface area contributed by atoms with Crippen LogP contribution >= 0.6 is 22.9 Å². The van der Waals surface area contributed by atoms with Gasteiger partial charge in [-0.1, -0.05) is 11.6 Å². The Bertz CT molecular complexity index is 744. The highest BCUT2D eigenvalue weighted by Crippen LogP contribution is 2.15. The van der Waals surface area contributed by atoms with Crippen molar-refractivity contribution in [2.45, 2.75) is 0 Å². The molecule has 0 unspecified atom stereocenters. The molecule has 1 saturated heterocycles. The molecule has 0 saturated carbocycles. The van der Waals surface area contributed by atoms with Crippen molar-refractivity contribution >= 4 is 34.8 Å². The van der Waals surface area contributed by atoms with Gasteiger partial charge in [-0.3, -0.25) is 14.5 Å². The van der Waals surface area contributed by atoms with Crippen molar-refractivity contribution in [3.8, 4) is 5.75 Å². The fourth-order valence-corrected chi connectivity index (χ4v) is 3.57. The summed E-state index contributed by atoms with van der Waals surface area (Å²) >= 11 is 7.34. The molecule has 1 aliphatic rings. The molecule has 2 heterocycles. The van der Waals surface area contributed by atoms with Crippen LogP contribution in [0.1, 0.15) is 10.4 Å². The van der Waals surface area contributed by atoms with E-state index in [0.717, 1.165) is 19.6 Å². The minimum absolute atomic E-state index is 0.0182. The Hall–Kier alpha value is -2.09. The minimum atomic E-state index is -0.0376. The fraction of sp³-hybridized carbons (Fsp3) is 0.368. The summed E-state index contributed by atoms with van der Waals surface area (Å²) in [6.07, 6.45) is 0. The number of halogens is 1. The molecule has 0 aliphatic carbocycles. The number of hydrogen-bond acceptors (Lipinski definition) is 5. The third kappa shape index (κ3) is 5.95. The lowest BCUT2D eigenvalue weighted by Gasteiger charge is -2.34. The molecular formula is C19H22ClN3O3S. The van der Waals surface area contributed by atoms with Gasteiger partial charge in [0, 0.05) is 55.2 Å². The lowest BCUT2D eigenvalue weighted by atomic mass is 10.3. The van der Waals surface area contributed by atoms with E-state index in [2.05, 4.69) is 10.2 Å². The molecule has 8 heteroatoms. The first-order valence-corrected chi connectivity index (χ1v) is 10.1. The van der Waals surface area contributed by atoms with Crippen LogP contribution in [0.25, 0.3) is 0 Å². The quantitative estimate of drug-likeness (QED) is 0.765. The van der Waals surface area contributed by atoms with Gasteiger partial charge in [-0.2, -0.15) is 11.3 Å². The molecule has 1 N–H and O–H groups in total. The van der Waals surface area contributed by atoms with E-state index in [-0.39, 0.29) is 18.4 Å². The molecule has 6 nitrogen and oxygen atoms in total. The zero-order chi connectivity index (χ0) is 19.1. The van der Waals surface area contributed by atoms with E-state index in [0.29, 0.717) is 36.0 Å². The van der Waals surface area contributed by atoms with E-state index in [1.807, 2.05) is 21.7 Å². The predicted molar refractivity (Wildman–Crippen MR) is 107 cm³/mol. The molecule has 0 radical (unpaired) electrons. The van der Waals surface area contributed by atoms with Crippen LogP contribution in [0.4, 0.5) is 0 Å². The minimum Gasteiger partial charge on any atom is -0.484 e. The average Bonchev–Trinajstić information content (AvgIpc) is 3.23. The Balaban J connectivity index is 1.32. The van der Waals surface area contributed by atoms with E-state index in [9.17, 15) is 9.59 Å². The number of ether oxygens (including phenoxy) is 1. The number of carbonyl (C=O) groups is 2. The highest BCUT2D eigenvalue weighted by Gasteiger charge is 2.21. The van der Waals surface area contributed by atoms with Gasteiger partial charge in [0.05, 0.1) is 0 Å². The number of nitrogens with zero attached hydrogens (tertiary/aromatic N) is 2. The molecule has 1 aromatic heterocycles. The second-order valence-corrected chi connectivity index (χ2v) is 7.45. The monoisotopic (exact) mass is 407 g/mol. The van der Waals surface area contributed by atoms with Gasteiger partial charge < -0.3 is 15.0 Å². The maximum absolute atomic E-state index is 12.3. The molecule has 1 aromatic carbocycles. The second kappa shape index (κ2) is 9.73. The Morgan fingerprint density at radius 1 is 1.11 bits per heavy atom. The second-order valence-electron chi connectivity index (χ2n) is 6.23. The SMILES string of the molecule is O=C(NCCN1CCN(C(=O)COc2ccc(Cl)cc2)CC1)c1ccsc1. The van der Waals surface area contributed by atoms with Crippen LogP contribution in [0.3, 0.4) is 0 Å². The summed E-state index contributed by atoms with van der Waals surface area (Å²) in [4.78, 5) is 28.2. The van der Waals surface area contributed by atoms with E-state index in [1.165, 1.54) is 11.3 Å². The van der Waals surface area contributed by atoms with Crippen molar-refractivity contribution < 1.29 is 14.3 Å². The summed E-state index contributed by atoms with van der Waals surface area (Å²) in [7, 11) is 0. The van der Waals surface area contributed by atoms with Crippen LogP contribution in [-0.2, 0) is 4.79 Å². The summed E-state index contributed by atoms with van der Waals surface area (Å²) in [5.74, 6) is 0.576. The Kier molecular flexibility index (Phi) is 7.09. The topological polar surface area (TPSA) is 61.9 Å². The lowest BCUT2D eigenvalue weighted by molar-refractivity contribution is -0.135. The van der Waals surface area contributed by atoms with Crippen molar-refractivity contribution in [3.63, 3.8) is 0 Å². The van der Waals surface area contributed by atoms with Gasteiger partial charge in [-0.15, -0.1) is 0 Å². The highest BCUT2D eigenvalue weighted by molar-refractivity contribution is 7.08.